The second-order valence-electron chi connectivity index (χ2n) is 5.44. The van der Waals surface area contributed by atoms with Gasteiger partial charge in [-0.1, -0.05) is 19.9 Å². The molecule has 0 aliphatic rings. The van der Waals surface area contributed by atoms with Gasteiger partial charge in [-0.25, -0.2) is 0 Å². The summed E-state index contributed by atoms with van der Waals surface area (Å²) in [6.45, 7) is 7.90. The molecule has 0 aliphatic carbocycles. The first-order valence-electron chi connectivity index (χ1n) is 6.50. The molecule has 4 nitrogen and oxygen atoms in total. The van der Waals surface area contributed by atoms with Crippen molar-refractivity contribution >= 4 is 11.6 Å². The predicted octanol–water partition coefficient (Wildman–Crippen LogP) is 2.76. The van der Waals surface area contributed by atoms with Crippen LogP contribution >= 0.6 is 0 Å². The van der Waals surface area contributed by atoms with Gasteiger partial charge < -0.3 is 15.4 Å². The van der Waals surface area contributed by atoms with Gasteiger partial charge in [0.15, 0.2) is 0 Å². The molecule has 0 spiro atoms. The molecule has 0 radical (unpaired) electrons. The summed E-state index contributed by atoms with van der Waals surface area (Å²) in [7, 11) is 3.37. The number of carbonyl (C=O) groups excluding carboxylic acids is 1. The summed E-state index contributed by atoms with van der Waals surface area (Å²) in [5.41, 5.74) is 1.25. The molecule has 0 saturated heterocycles. The van der Waals surface area contributed by atoms with E-state index in [2.05, 4.69) is 24.5 Å². The topological polar surface area (TPSA) is 50.4 Å². The summed E-state index contributed by atoms with van der Waals surface area (Å²) in [6, 6.07) is 5.87. The van der Waals surface area contributed by atoms with Crippen LogP contribution in [0, 0.1) is 0 Å². The average molecular weight is 264 g/mol. The summed E-state index contributed by atoms with van der Waals surface area (Å²) in [5.74, 6) is 0.984. The van der Waals surface area contributed by atoms with Crippen LogP contribution < -0.4 is 15.4 Å². The number of benzene rings is 1. The highest BCUT2D eigenvalue weighted by molar-refractivity contribution is 5.98. The first-order valence-corrected chi connectivity index (χ1v) is 6.50. The Morgan fingerprint density at radius 1 is 1.32 bits per heavy atom. The van der Waals surface area contributed by atoms with Crippen molar-refractivity contribution in [1.82, 2.24) is 5.32 Å². The minimum Gasteiger partial charge on any atom is -0.495 e. The number of hydrogen-bond donors (Lipinski definition) is 2. The van der Waals surface area contributed by atoms with Gasteiger partial charge in [-0.05, 0) is 44.5 Å². The molecule has 1 aromatic carbocycles. The Morgan fingerprint density at radius 3 is 2.42 bits per heavy atom. The highest BCUT2D eigenvalue weighted by Gasteiger charge is 2.26. The fourth-order valence-electron chi connectivity index (χ4n) is 1.57. The largest absolute Gasteiger partial charge is 0.495 e. The average Bonchev–Trinajstić information content (AvgIpc) is 2.38. The quantitative estimate of drug-likeness (QED) is 0.859. The van der Waals surface area contributed by atoms with Crippen molar-refractivity contribution in [3.05, 3.63) is 23.8 Å². The number of likely N-dealkylation sites (N-methyl/N-ethyl adjacent to an activating group) is 1. The molecule has 4 heteroatoms. The van der Waals surface area contributed by atoms with Crippen LogP contribution in [0.1, 0.15) is 39.2 Å². The lowest BCUT2D eigenvalue weighted by molar-refractivity contribution is -0.121. The molecule has 0 bridgehead atoms. The van der Waals surface area contributed by atoms with Crippen LogP contribution in [0.25, 0.3) is 0 Å². The molecule has 0 heterocycles. The Kier molecular flexibility index (Phi) is 4.95. The molecule has 0 aromatic heterocycles. The molecule has 1 amide bonds. The van der Waals surface area contributed by atoms with E-state index in [0.717, 1.165) is 0 Å². The Hall–Kier alpha value is -1.55. The number of ether oxygens (including phenoxy) is 1. The minimum atomic E-state index is -0.626. The van der Waals surface area contributed by atoms with E-state index in [4.69, 9.17) is 4.74 Å². The van der Waals surface area contributed by atoms with Gasteiger partial charge in [-0.15, -0.1) is 0 Å². The Balaban J connectivity index is 3.05. The van der Waals surface area contributed by atoms with Crippen LogP contribution in [0.3, 0.4) is 0 Å². The van der Waals surface area contributed by atoms with E-state index in [1.165, 1.54) is 5.56 Å². The normalized spacial score (nSPS) is 11.5. The van der Waals surface area contributed by atoms with Crippen molar-refractivity contribution in [2.45, 2.75) is 39.2 Å². The van der Waals surface area contributed by atoms with E-state index in [1.807, 2.05) is 32.0 Å². The van der Waals surface area contributed by atoms with Crippen molar-refractivity contribution in [3.8, 4) is 5.75 Å². The molecule has 0 fully saturated rings. The van der Waals surface area contributed by atoms with Crippen LogP contribution in [-0.4, -0.2) is 25.6 Å². The molecule has 0 atom stereocenters. The highest BCUT2D eigenvalue weighted by atomic mass is 16.5. The number of nitrogens with one attached hydrogen (secondary N) is 2. The van der Waals surface area contributed by atoms with Gasteiger partial charge in [0.2, 0.25) is 5.91 Å². The molecule has 0 unspecified atom stereocenters. The van der Waals surface area contributed by atoms with Gasteiger partial charge in [0, 0.05) is 0 Å². The molecule has 1 aromatic rings. The van der Waals surface area contributed by atoms with Gasteiger partial charge >= 0.3 is 0 Å². The van der Waals surface area contributed by atoms with Gasteiger partial charge in [-0.3, -0.25) is 4.79 Å². The van der Waals surface area contributed by atoms with Gasteiger partial charge in [0.25, 0.3) is 0 Å². The summed E-state index contributed by atoms with van der Waals surface area (Å²) < 4.78 is 5.29. The van der Waals surface area contributed by atoms with Gasteiger partial charge in [0.05, 0.1) is 18.3 Å². The van der Waals surface area contributed by atoms with Crippen LogP contribution in [0.2, 0.25) is 0 Å². The number of hydrogen-bond acceptors (Lipinski definition) is 3. The zero-order valence-electron chi connectivity index (χ0n) is 12.6. The Bertz CT molecular complexity index is 453. The highest BCUT2D eigenvalue weighted by Crippen LogP contribution is 2.29. The summed E-state index contributed by atoms with van der Waals surface area (Å²) >= 11 is 0. The summed E-state index contributed by atoms with van der Waals surface area (Å²) in [5, 5.41) is 5.90. The minimum absolute atomic E-state index is 0.0887. The molecule has 106 valence electrons. The number of amides is 1. The summed E-state index contributed by atoms with van der Waals surface area (Å²) in [6.07, 6.45) is 0. The number of carbonyl (C=O) groups is 1. The van der Waals surface area contributed by atoms with E-state index >= 15 is 0 Å². The van der Waals surface area contributed by atoms with Gasteiger partial charge in [0.1, 0.15) is 5.75 Å². The van der Waals surface area contributed by atoms with Crippen LogP contribution in [0.15, 0.2) is 18.2 Å². The van der Waals surface area contributed by atoms with Crippen LogP contribution in [-0.2, 0) is 4.79 Å². The van der Waals surface area contributed by atoms with Gasteiger partial charge in [-0.2, -0.15) is 0 Å². The number of anilines is 1. The molecular weight excluding hydrogens is 240 g/mol. The van der Waals surface area contributed by atoms with Crippen LogP contribution in [0.4, 0.5) is 5.69 Å². The van der Waals surface area contributed by atoms with E-state index in [-0.39, 0.29) is 5.91 Å². The first kappa shape index (κ1) is 15.5. The lowest BCUT2D eigenvalue weighted by atomic mass is 10.0. The maximum Gasteiger partial charge on any atom is 0.244 e. The maximum absolute atomic E-state index is 12.2. The van der Waals surface area contributed by atoms with Crippen molar-refractivity contribution < 1.29 is 9.53 Å². The van der Waals surface area contributed by atoms with E-state index in [1.54, 1.807) is 14.2 Å². The van der Waals surface area contributed by atoms with Crippen molar-refractivity contribution in [1.29, 1.82) is 0 Å². The Morgan fingerprint density at radius 2 is 1.95 bits per heavy atom. The smallest absolute Gasteiger partial charge is 0.244 e. The number of methoxy groups -OCH3 is 1. The van der Waals surface area contributed by atoms with E-state index in [9.17, 15) is 4.79 Å². The fourth-order valence-corrected chi connectivity index (χ4v) is 1.57. The molecule has 0 saturated carbocycles. The zero-order valence-corrected chi connectivity index (χ0v) is 12.6. The third kappa shape index (κ3) is 3.70. The number of rotatable bonds is 5. The maximum atomic E-state index is 12.2. The zero-order chi connectivity index (χ0) is 14.6. The first-order chi connectivity index (χ1) is 8.81. The molecule has 2 N–H and O–H groups in total. The standard InChI is InChI=1S/C15H24N2O2/c1-10(2)11-7-8-13(19-6)12(9-11)17-14(18)15(3,4)16-5/h7-10,16H,1-6H3,(H,17,18). The van der Waals surface area contributed by atoms with Crippen molar-refractivity contribution in [3.63, 3.8) is 0 Å². The van der Waals surface area contributed by atoms with E-state index in [0.29, 0.717) is 17.4 Å². The van der Waals surface area contributed by atoms with Crippen molar-refractivity contribution in [2.24, 2.45) is 0 Å². The third-order valence-electron chi connectivity index (χ3n) is 3.33. The fraction of sp³-hybridized carbons (Fsp3) is 0.533. The monoisotopic (exact) mass is 264 g/mol. The predicted molar refractivity (Wildman–Crippen MR) is 78.9 cm³/mol. The molecule has 1 rings (SSSR count). The second kappa shape index (κ2) is 6.06. The third-order valence-corrected chi connectivity index (χ3v) is 3.33. The molecule has 0 aliphatic heterocycles. The summed E-state index contributed by atoms with van der Waals surface area (Å²) in [4.78, 5) is 12.2. The molecule has 19 heavy (non-hydrogen) atoms. The second-order valence-corrected chi connectivity index (χ2v) is 5.44. The van der Waals surface area contributed by atoms with E-state index < -0.39 is 5.54 Å². The molecular formula is C15H24N2O2. The Labute approximate surface area is 115 Å². The lowest BCUT2D eigenvalue weighted by Gasteiger charge is -2.23. The SMILES string of the molecule is CNC(C)(C)C(=O)Nc1cc(C(C)C)ccc1OC. The lowest BCUT2D eigenvalue weighted by Crippen LogP contribution is -2.47. The van der Waals surface area contributed by atoms with Crippen LogP contribution in [0.5, 0.6) is 5.75 Å². The van der Waals surface area contributed by atoms with Crippen molar-refractivity contribution in [2.75, 3.05) is 19.5 Å².